The first-order valence-electron chi connectivity index (χ1n) is 9.41. The maximum Gasteiger partial charge on any atom is 0.254 e. The summed E-state index contributed by atoms with van der Waals surface area (Å²) in [5, 5.41) is 5.27. The lowest BCUT2D eigenvalue weighted by Gasteiger charge is -2.32. The maximum absolute atomic E-state index is 13.6. The minimum Gasteiger partial charge on any atom is -0.355 e. The smallest absolute Gasteiger partial charge is 0.254 e. The van der Waals surface area contributed by atoms with Crippen LogP contribution in [0.5, 0.6) is 0 Å². The fourth-order valence-electron chi connectivity index (χ4n) is 3.13. The van der Waals surface area contributed by atoms with Crippen LogP contribution in [0.1, 0.15) is 36.0 Å². The van der Waals surface area contributed by atoms with Crippen molar-refractivity contribution >= 4 is 17.7 Å². The first-order valence-corrected chi connectivity index (χ1v) is 9.41. The number of benzene rings is 1. The van der Waals surface area contributed by atoms with Gasteiger partial charge in [0.25, 0.3) is 5.91 Å². The van der Waals surface area contributed by atoms with Crippen molar-refractivity contribution in [2.24, 2.45) is 11.7 Å². The number of carbonyl (C=O) groups excluding carboxylic acids is 3. The number of piperidine rings is 1. The molecule has 4 N–H and O–H groups in total. The van der Waals surface area contributed by atoms with Crippen LogP contribution in [0.25, 0.3) is 0 Å². The second-order valence-electron chi connectivity index (χ2n) is 6.74. The SMILES string of the molecule is NCCNC(=O)C1CCCN(C(=O)CCCNC(=O)c2ccc(F)cc2F)C1. The maximum atomic E-state index is 13.6. The Labute approximate surface area is 162 Å². The highest BCUT2D eigenvalue weighted by Gasteiger charge is 2.27. The van der Waals surface area contributed by atoms with Crippen LogP contribution in [0.3, 0.4) is 0 Å². The molecule has 0 saturated carbocycles. The summed E-state index contributed by atoms with van der Waals surface area (Å²) in [7, 11) is 0. The molecule has 1 saturated heterocycles. The lowest BCUT2D eigenvalue weighted by molar-refractivity contribution is -0.135. The molecule has 7 nitrogen and oxygen atoms in total. The van der Waals surface area contributed by atoms with E-state index in [0.717, 1.165) is 25.0 Å². The summed E-state index contributed by atoms with van der Waals surface area (Å²) in [6.07, 6.45) is 2.09. The number of likely N-dealkylation sites (tertiary alicyclic amines) is 1. The third-order valence-corrected chi connectivity index (χ3v) is 4.62. The molecule has 2 rings (SSSR count). The Morgan fingerprint density at radius 2 is 1.96 bits per heavy atom. The Morgan fingerprint density at radius 3 is 2.68 bits per heavy atom. The third kappa shape index (κ3) is 6.26. The minimum atomic E-state index is -0.930. The molecular weight excluding hydrogens is 370 g/mol. The van der Waals surface area contributed by atoms with Gasteiger partial charge in [0.05, 0.1) is 11.5 Å². The fraction of sp³-hybridized carbons (Fsp3) is 0.526. The Kier molecular flexibility index (Phi) is 8.31. The van der Waals surface area contributed by atoms with E-state index >= 15 is 0 Å². The summed E-state index contributed by atoms with van der Waals surface area (Å²) < 4.78 is 26.4. The van der Waals surface area contributed by atoms with Crippen molar-refractivity contribution < 1.29 is 23.2 Å². The van der Waals surface area contributed by atoms with Crippen LogP contribution in [-0.2, 0) is 9.59 Å². The van der Waals surface area contributed by atoms with E-state index in [-0.39, 0.29) is 36.3 Å². The molecule has 1 atom stereocenters. The molecule has 1 aliphatic heterocycles. The average molecular weight is 396 g/mol. The van der Waals surface area contributed by atoms with Crippen LogP contribution in [0.2, 0.25) is 0 Å². The van der Waals surface area contributed by atoms with Gasteiger partial charge in [-0.15, -0.1) is 0 Å². The van der Waals surface area contributed by atoms with Crippen LogP contribution < -0.4 is 16.4 Å². The molecule has 0 spiro atoms. The molecule has 0 aliphatic carbocycles. The van der Waals surface area contributed by atoms with Crippen molar-refractivity contribution in [1.29, 1.82) is 0 Å². The van der Waals surface area contributed by atoms with Gasteiger partial charge in [0.2, 0.25) is 11.8 Å². The first-order chi connectivity index (χ1) is 13.4. The fourth-order valence-corrected chi connectivity index (χ4v) is 3.13. The molecule has 1 heterocycles. The van der Waals surface area contributed by atoms with Gasteiger partial charge >= 0.3 is 0 Å². The molecule has 28 heavy (non-hydrogen) atoms. The molecule has 3 amide bonds. The van der Waals surface area contributed by atoms with Crippen molar-refractivity contribution in [3.63, 3.8) is 0 Å². The monoisotopic (exact) mass is 396 g/mol. The van der Waals surface area contributed by atoms with Gasteiger partial charge in [0.15, 0.2) is 0 Å². The summed E-state index contributed by atoms with van der Waals surface area (Å²) in [6, 6.07) is 2.74. The number of rotatable bonds is 8. The summed E-state index contributed by atoms with van der Waals surface area (Å²) in [5.41, 5.74) is 5.14. The zero-order valence-corrected chi connectivity index (χ0v) is 15.7. The molecule has 1 fully saturated rings. The minimum absolute atomic E-state index is 0.0847. The van der Waals surface area contributed by atoms with Crippen molar-refractivity contribution in [3.8, 4) is 0 Å². The number of amides is 3. The second-order valence-corrected chi connectivity index (χ2v) is 6.74. The van der Waals surface area contributed by atoms with E-state index < -0.39 is 17.5 Å². The van der Waals surface area contributed by atoms with Gasteiger partial charge in [-0.2, -0.15) is 0 Å². The van der Waals surface area contributed by atoms with Gasteiger partial charge in [-0.05, 0) is 31.4 Å². The van der Waals surface area contributed by atoms with Crippen LogP contribution in [-0.4, -0.2) is 55.3 Å². The molecule has 154 valence electrons. The van der Waals surface area contributed by atoms with Gasteiger partial charge in [0, 0.05) is 45.2 Å². The highest BCUT2D eigenvalue weighted by atomic mass is 19.1. The zero-order chi connectivity index (χ0) is 20.5. The largest absolute Gasteiger partial charge is 0.355 e. The summed E-state index contributed by atoms with van der Waals surface area (Å²) >= 11 is 0. The molecule has 9 heteroatoms. The quantitative estimate of drug-likeness (QED) is 0.565. The zero-order valence-electron chi connectivity index (χ0n) is 15.7. The van der Waals surface area contributed by atoms with E-state index in [9.17, 15) is 23.2 Å². The van der Waals surface area contributed by atoms with Crippen molar-refractivity contribution in [1.82, 2.24) is 15.5 Å². The van der Waals surface area contributed by atoms with Gasteiger partial charge in [-0.3, -0.25) is 14.4 Å². The van der Waals surface area contributed by atoms with Crippen molar-refractivity contribution in [2.45, 2.75) is 25.7 Å². The lowest BCUT2D eigenvalue weighted by atomic mass is 9.96. The molecule has 1 aliphatic rings. The highest BCUT2D eigenvalue weighted by Crippen LogP contribution is 2.17. The van der Waals surface area contributed by atoms with Gasteiger partial charge in [-0.1, -0.05) is 0 Å². The predicted molar refractivity (Wildman–Crippen MR) is 99.3 cm³/mol. The topological polar surface area (TPSA) is 105 Å². The molecule has 1 aromatic rings. The van der Waals surface area contributed by atoms with Crippen molar-refractivity contribution in [3.05, 3.63) is 35.4 Å². The van der Waals surface area contributed by atoms with Crippen LogP contribution in [0.15, 0.2) is 18.2 Å². The van der Waals surface area contributed by atoms with E-state index in [1.807, 2.05) is 0 Å². The summed E-state index contributed by atoms with van der Waals surface area (Å²) in [6.45, 7) is 1.96. The first kappa shape index (κ1) is 21.7. The number of hydrogen-bond acceptors (Lipinski definition) is 4. The van der Waals surface area contributed by atoms with E-state index in [1.54, 1.807) is 4.90 Å². The number of nitrogens with two attached hydrogens (primary N) is 1. The molecule has 1 unspecified atom stereocenters. The van der Waals surface area contributed by atoms with E-state index in [0.29, 0.717) is 38.7 Å². The Hall–Kier alpha value is -2.55. The average Bonchev–Trinajstić information content (AvgIpc) is 2.69. The Morgan fingerprint density at radius 1 is 1.18 bits per heavy atom. The normalized spacial score (nSPS) is 16.5. The van der Waals surface area contributed by atoms with Gasteiger partial charge in [0.1, 0.15) is 11.6 Å². The molecule has 0 aromatic heterocycles. The van der Waals surface area contributed by atoms with Crippen LogP contribution in [0.4, 0.5) is 8.78 Å². The number of hydrogen-bond donors (Lipinski definition) is 3. The molecule has 0 radical (unpaired) electrons. The lowest BCUT2D eigenvalue weighted by Crippen LogP contribution is -2.46. The predicted octanol–water partition coefficient (Wildman–Crippen LogP) is 0.788. The van der Waals surface area contributed by atoms with E-state index in [4.69, 9.17) is 5.73 Å². The standard InChI is InChI=1S/C19H26F2N4O3/c20-14-5-6-15(16(21)11-14)19(28)23-8-1-4-17(26)25-10-2-3-13(12-25)18(27)24-9-7-22/h5-6,11,13H,1-4,7-10,12,22H2,(H,23,28)(H,24,27). The summed E-state index contributed by atoms with van der Waals surface area (Å²) in [5.74, 6) is -2.74. The van der Waals surface area contributed by atoms with Crippen LogP contribution in [0, 0.1) is 17.6 Å². The number of nitrogens with one attached hydrogen (secondary N) is 2. The number of nitrogens with zero attached hydrogens (tertiary/aromatic N) is 1. The van der Waals surface area contributed by atoms with Crippen molar-refractivity contribution in [2.75, 3.05) is 32.7 Å². The Balaban J connectivity index is 1.73. The molecular formula is C19H26F2N4O3. The van der Waals surface area contributed by atoms with E-state index in [2.05, 4.69) is 10.6 Å². The Bertz CT molecular complexity index is 714. The third-order valence-electron chi connectivity index (χ3n) is 4.62. The summed E-state index contributed by atoms with van der Waals surface area (Å²) in [4.78, 5) is 38.0. The van der Waals surface area contributed by atoms with Crippen LogP contribution >= 0.6 is 0 Å². The van der Waals surface area contributed by atoms with Gasteiger partial charge in [-0.25, -0.2) is 8.78 Å². The number of carbonyl (C=O) groups is 3. The van der Waals surface area contributed by atoms with E-state index in [1.165, 1.54) is 0 Å². The number of halogens is 2. The molecule has 0 bridgehead atoms. The highest BCUT2D eigenvalue weighted by molar-refractivity contribution is 5.94. The van der Waals surface area contributed by atoms with Gasteiger partial charge < -0.3 is 21.3 Å². The second kappa shape index (κ2) is 10.7. The molecule has 1 aromatic carbocycles.